The van der Waals surface area contributed by atoms with Crippen LogP contribution in [0.4, 0.5) is 26.7 Å². The van der Waals surface area contributed by atoms with E-state index in [0.717, 1.165) is 19.3 Å². The molecule has 4 atom stereocenters. The molecule has 1 aliphatic rings. The highest BCUT2D eigenvalue weighted by atomic mass is 16.5. The maximum absolute atomic E-state index is 14.3. The summed E-state index contributed by atoms with van der Waals surface area (Å²) in [5, 5.41) is 22.6. The zero-order valence-corrected chi connectivity index (χ0v) is 28.6. The lowest BCUT2D eigenvalue weighted by Crippen LogP contribution is -2.48. The molecular weight excluding hydrogens is 616 g/mol. The van der Waals surface area contributed by atoms with Crippen molar-refractivity contribution in [3.63, 3.8) is 0 Å². The molecule has 0 radical (unpaired) electrons. The van der Waals surface area contributed by atoms with Gasteiger partial charge in [0.25, 0.3) is 5.91 Å². The Morgan fingerprint density at radius 2 is 1.79 bits per heavy atom. The molecule has 13 heteroatoms. The van der Waals surface area contributed by atoms with Gasteiger partial charge in [-0.3, -0.25) is 4.79 Å². The van der Waals surface area contributed by atoms with Gasteiger partial charge in [0.05, 0.1) is 30.4 Å². The quantitative estimate of drug-likeness (QED) is 0.243. The van der Waals surface area contributed by atoms with Crippen molar-refractivity contribution in [2.45, 2.75) is 72.1 Å². The van der Waals surface area contributed by atoms with Gasteiger partial charge < -0.3 is 44.9 Å². The summed E-state index contributed by atoms with van der Waals surface area (Å²) in [5.41, 5.74) is 2.41. The first-order valence-corrected chi connectivity index (χ1v) is 16.4. The van der Waals surface area contributed by atoms with E-state index in [1.165, 1.54) is 0 Å². The monoisotopic (exact) mass is 664 g/mol. The number of fused-ring (bicyclic) bond motifs is 1. The van der Waals surface area contributed by atoms with Gasteiger partial charge in [0, 0.05) is 44.0 Å². The number of rotatable bonds is 7. The Kier molecular flexibility index (Phi) is 12.8. The predicted octanol–water partition coefficient (Wildman–Crippen LogP) is 5.89. The van der Waals surface area contributed by atoms with Crippen LogP contribution in [0.2, 0.25) is 0 Å². The highest BCUT2D eigenvalue weighted by molar-refractivity contribution is 6.02. The van der Waals surface area contributed by atoms with Crippen molar-refractivity contribution in [1.82, 2.24) is 15.0 Å². The average Bonchev–Trinajstić information content (AvgIpc) is 3.38. The molecule has 260 valence electrons. The van der Waals surface area contributed by atoms with E-state index in [-0.39, 0.29) is 49.2 Å². The van der Waals surface area contributed by atoms with Crippen LogP contribution in [0.5, 0.6) is 5.75 Å². The number of benzene rings is 2. The van der Waals surface area contributed by atoms with Crippen molar-refractivity contribution in [3.05, 3.63) is 65.5 Å². The number of amides is 5. The third-order valence-electron chi connectivity index (χ3n) is 8.41. The van der Waals surface area contributed by atoms with Crippen LogP contribution in [0.25, 0.3) is 0 Å². The first-order valence-electron chi connectivity index (χ1n) is 16.4. The van der Waals surface area contributed by atoms with Crippen molar-refractivity contribution >= 4 is 35.0 Å². The molecule has 1 aromatic heterocycles. The summed E-state index contributed by atoms with van der Waals surface area (Å²) >= 11 is 0. The Labute approximate surface area is 281 Å². The van der Waals surface area contributed by atoms with Crippen LogP contribution in [0.1, 0.15) is 61.8 Å². The Morgan fingerprint density at radius 1 is 1.06 bits per heavy atom. The number of ether oxygens (including phenoxy) is 2. The highest BCUT2D eigenvalue weighted by Crippen LogP contribution is 2.29. The van der Waals surface area contributed by atoms with Gasteiger partial charge in [-0.1, -0.05) is 30.3 Å². The van der Waals surface area contributed by atoms with E-state index in [4.69, 9.17) is 14.0 Å². The normalized spacial score (nSPS) is 19.7. The second-order valence-corrected chi connectivity index (χ2v) is 12.5. The second-order valence-electron chi connectivity index (χ2n) is 12.5. The number of hydrogen-bond donors (Lipinski definition) is 4. The van der Waals surface area contributed by atoms with E-state index < -0.39 is 18.2 Å². The fourth-order valence-corrected chi connectivity index (χ4v) is 5.49. The number of aryl methyl sites for hydroxylation is 2. The molecule has 0 saturated carbocycles. The van der Waals surface area contributed by atoms with Crippen LogP contribution in [0, 0.1) is 19.8 Å². The van der Waals surface area contributed by atoms with E-state index in [9.17, 15) is 19.5 Å². The summed E-state index contributed by atoms with van der Waals surface area (Å²) in [6.45, 7) is 9.86. The van der Waals surface area contributed by atoms with Crippen LogP contribution in [0.15, 0.2) is 53.1 Å². The van der Waals surface area contributed by atoms with Crippen LogP contribution in [-0.4, -0.2) is 89.6 Å². The molecule has 2 heterocycles. The fourth-order valence-electron chi connectivity index (χ4n) is 5.49. The number of hydrogen-bond acceptors (Lipinski definition) is 8. The maximum atomic E-state index is 14.3. The Bertz CT molecular complexity index is 1510. The third kappa shape index (κ3) is 9.71. The zero-order chi connectivity index (χ0) is 34.8. The predicted molar refractivity (Wildman–Crippen MR) is 184 cm³/mol. The number of urea groups is 2. The molecule has 13 nitrogen and oxygen atoms in total. The molecule has 48 heavy (non-hydrogen) atoms. The van der Waals surface area contributed by atoms with Crippen molar-refractivity contribution in [2.24, 2.45) is 5.92 Å². The van der Waals surface area contributed by atoms with Crippen molar-refractivity contribution < 1.29 is 33.5 Å². The maximum Gasteiger partial charge on any atom is 0.323 e. The lowest BCUT2D eigenvalue weighted by Gasteiger charge is -2.35. The van der Waals surface area contributed by atoms with Crippen LogP contribution in [-0.2, 0) is 4.74 Å². The number of aliphatic hydroxyl groups excluding tert-OH is 1. The number of carbonyl (C=O) groups is 3. The van der Waals surface area contributed by atoms with Gasteiger partial charge in [0.1, 0.15) is 17.1 Å². The summed E-state index contributed by atoms with van der Waals surface area (Å²) < 4.78 is 17.8. The van der Waals surface area contributed by atoms with E-state index in [2.05, 4.69) is 21.1 Å². The SMILES string of the molecule is Cc1noc(C)c1NC(=O)N(C)C[C@@H]1OCCCC[C@@H](C)Oc2ccc(NC(=O)Nc3ccccc3)cc2C(=O)N([C@H](C)CO)C[C@H]1C. The Balaban J connectivity index is 1.58. The molecule has 0 aliphatic carbocycles. The first-order chi connectivity index (χ1) is 23.0. The molecule has 0 fully saturated rings. The Morgan fingerprint density at radius 3 is 2.48 bits per heavy atom. The number of anilines is 3. The summed E-state index contributed by atoms with van der Waals surface area (Å²) in [6, 6.07) is 12.7. The fraction of sp³-hybridized carbons (Fsp3) is 0.486. The molecule has 5 amide bonds. The topological polar surface area (TPSA) is 158 Å². The van der Waals surface area contributed by atoms with Crippen molar-refractivity contribution in [1.29, 1.82) is 0 Å². The molecule has 4 N–H and O–H groups in total. The van der Waals surface area contributed by atoms with Gasteiger partial charge in [0.15, 0.2) is 5.76 Å². The minimum absolute atomic E-state index is 0.197. The van der Waals surface area contributed by atoms with E-state index in [1.54, 1.807) is 68.0 Å². The summed E-state index contributed by atoms with van der Waals surface area (Å²) in [4.78, 5) is 43.4. The van der Waals surface area contributed by atoms with Crippen LogP contribution in [0.3, 0.4) is 0 Å². The number of para-hydroxylation sites is 1. The number of carbonyl (C=O) groups excluding carboxylic acids is 3. The summed E-state index contributed by atoms with van der Waals surface area (Å²) in [6.07, 6.45) is 1.73. The summed E-state index contributed by atoms with van der Waals surface area (Å²) in [7, 11) is 1.69. The number of nitrogens with zero attached hydrogens (tertiary/aromatic N) is 3. The minimum Gasteiger partial charge on any atom is -0.490 e. The molecule has 3 aromatic rings. The molecule has 2 aromatic carbocycles. The van der Waals surface area contributed by atoms with E-state index in [1.807, 2.05) is 32.0 Å². The van der Waals surface area contributed by atoms with Gasteiger partial charge in [-0.05, 0) is 77.3 Å². The van der Waals surface area contributed by atoms with Gasteiger partial charge in [-0.2, -0.15) is 0 Å². The number of aromatic nitrogens is 1. The molecule has 0 unspecified atom stereocenters. The largest absolute Gasteiger partial charge is 0.490 e. The standard InChI is InChI=1S/C35H48N6O7/c1-22-19-41(23(2)21-42)33(43)29-18-28(37-34(44)36-27-13-8-7-9-14-27)15-16-30(29)47-24(3)12-10-11-17-46-31(22)20-40(6)35(45)38-32-25(4)39-48-26(32)5/h7-9,13-16,18,22-24,31,42H,10-12,17,19-21H2,1-6H3,(H,38,45)(H2,36,37,44)/t22-,23-,24-,31+/m1/s1. The van der Waals surface area contributed by atoms with Crippen LogP contribution < -0.4 is 20.7 Å². The van der Waals surface area contributed by atoms with Gasteiger partial charge >= 0.3 is 12.1 Å². The van der Waals surface area contributed by atoms with Crippen molar-refractivity contribution in [3.8, 4) is 5.75 Å². The minimum atomic E-state index is -0.544. The smallest absolute Gasteiger partial charge is 0.323 e. The Hall–Kier alpha value is -4.62. The van der Waals surface area contributed by atoms with E-state index in [0.29, 0.717) is 40.9 Å². The first kappa shape index (κ1) is 36.2. The summed E-state index contributed by atoms with van der Waals surface area (Å²) in [5.74, 6) is 0.307. The molecule has 0 spiro atoms. The van der Waals surface area contributed by atoms with E-state index >= 15 is 0 Å². The molecule has 1 aliphatic heterocycles. The van der Waals surface area contributed by atoms with Gasteiger partial charge in [-0.25, -0.2) is 9.59 Å². The lowest BCUT2D eigenvalue weighted by molar-refractivity contribution is -0.0115. The molecule has 0 saturated heterocycles. The second kappa shape index (κ2) is 17.0. The molecular formula is C35H48N6O7. The lowest BCUT2D eigenvalue weighted by atomic mass is 10.0. The van der Waals surface area contributed by atoms with Crippen molar-refractivity contribution in [2.75, 3.05) is 49.3 Å². The highest BCUT2D eigenvalue weighted by Gasteiger charge is 2.31. The molecule has 0 bridgehead atoms. The number of nitrogens with one attached hydrogen (secondary N) is 3. The third-order valence-corrected chi connectivity index (χ3v) is 8.41. The molecule has 4 rings (SSSR count). The van der Waals surface area contributed by atoms with Gasteiger partial charge in [0.2, 0.25) is 0 Å². The number of likely N-dealkylation sites (N-methyl/N-ethyl adjacent to an activating group) is 1. The average molecular weight is 665 g/mol. The number of aliphatic hydroxyl groups is 1. The van der Waals surface area contributed by atoms with Gasteiger partial charge in [-0.15, -0.1) is 0 Å². The van der Waals surface area contributed by atoms with Crippen LogP contribution >= 0.6 is 0 Å². The zero-order valence-electron chi connectivity index (χ0n) is 28.6.